The second kappa shape index (κ2) is 23.1. The predicted molar refractivity (Wildman–Crippen MR) is 189 cm³/mol. The Balaban J connectivity index is 1.06. The minimum absolute atomic E-state index is 0.0231. The van der Waals surface area contributed by atoms with E-state index in [4.69, 9.17) is 10.5 Å². The van der Waals surface area contributed by atoms with Crippen LogP contribution in [0.3, 0.4) is 0 Å². The summed E-state index contributed by atoms with van der Waals surface area (Å²) in [6, 6.07) is -0.726. The summed E-state index contributed by atoms with van der Waals surface area (Å²) < 4.78 is 5.61. The molecule has 5 atom stereocenters. The fourth-order valence-corrected chi connectivity index (χ4v) is 7.70. The van der Waals surface area contributed by atoms with Crippen LogP contribution in [0.25, 0.3) is 0 Å². The maximum atomic E-state index is 12.5. The molecule has 8 N–H and O–H groups in total. The Morgan fingerprint density at radius 3 is 1.88 bits per heavy atom. The Labute approximate surface area is 300 Å². The molecule has 2 aliphatic heterocycles. The van der Waals surface area contributed by atoms with Gasteiger partial charge in [-0.15, -0.1) is 11.8 Å². The number of rotatable bonds is 23. The molecule has 0 radical (unpaired) electrons. The number of ether oxygens (including phenoxy) is 1. The highest BCUT2D eigenvalue weighted by Gasteiger charge is 2.42. The van der Waals surface area contributed by atoms with Crippen molar-refractivity contribution in [3.05, 3.63) is 12.2 Å². The van der Waals surface area contributed by atoms with Gasteiger partial charge in [0.25, 0.3) is 11.8 Å². The van der Waals surface area contributed by atoms with E-state index < -0.39 is 29.8 Å². The van der Waals surface area contributed by atoms with E-state index in [0.717, 1.165) is 89.2 Å². The number of hydrogen-bond donors (Lipinski definition) is 7. The summed E-state index contributed by atoms with van der Waals surface area (Å²) in [5.74, 6) is 0.589. The van der Waals surface area contributed by atoms with Gasteiger partial charge in [-0.3, -0.25) is 28.9 Å². The second-order valence-electron chi connectivity index (χ2n) is 13.7. The Morgan fingerprint density at radius 2 is 1.32 bits per heavy atom. The number of nitrogens with two attached hydrogens (primary N) is 1. The van der Waals surface area contributed by atoms with E-state index in [1.54, 1.807) is 0 Å². The summed E-state index contributed by atoms with van der Waals surface area (Å²) in [4.78, 5) is 61.6. The molecular weight excluding hydrogens is 666 g/mol. The number of nitrogens with one attached hydrogen (secondary N) is 3. The summed E-state index contributed by atoms with van der Waals surface area (Å²) in [7, 11) is 0. The smallest absolute Gasteiger partial charge is 0.253 e. The van der Waals surface area contributed by atoms with Crippen LogP contribution in [0, 0.1) is 11.8 Å². The molecule has 2 heterocycles. The molecular formula is C35H59N5O9S. The van der Waals surface area contributed by atoms with Gasteiger partial charge in [0.2, 0.25) is 17.7 Å². The maximum Gasteiger partial charge on any atom is 0.253 e. The van der Waals surface area contributed by atoms with E-state index in [9.17, 15) is 39.3 Å². The standard InChI is InChI=1S/C35H59N5O9S/c36-31-33(47)32(46)26(23-41)49-35(31)50-21-9-3-8-19-38-28(43)10-4-1-6-18-37-27(42)11-5-2-7-20-39-34(48)25-14-12-24(13-15-25)22-40-29(44)16-17-30(40)45/h16-17,24-26,31-33,35,41,46-47H,1-15,18-23,36H2,(H,37,42)(H,38,43)(H,39,48)/t24?,25?,26?,31?,32-,33+,35+/m1/s1. The first-order valence-corrected chi connectivity index (χ1v) is 19.5. The van der Waals surface area contributed by atoms with Crippen molar-refractivity contribution in [2.45, 2.75) is 126 Å². The Hall–Kier alpha value is -2.56. The summed E-state index contributed by atoms with van der Waals surface area (Å²) in [5, 5.41) is 38.1. The molecule has 3 rings (SSSR count). The largest absolute Gasteiger partial charge is 0.394 e. The molecule has 0 aromatic rings. The van der Waals surface area contributed by atoms with E-state index in [2.05, 4.69) is 16.0 Å². The predicted octanol–water partition coefficient (Wildman–Crippen LogP) is 0.857. The highest BCUT2D eigenvalue weighted by molar-refractivity contribution is 7.99. The number of nitrogens with zero attached hydrogens (tertiary/aromatic N) is 1. The van der Waals surface area contributed by atoms with Gasteiger partial charge >= 0.3 is 0 Å². The first kappa shape index (κ1) is 41.9. The molecule has 15 heteroatoms. The van der Waals surface area contributed by atoms with E-state index >= 15 is 0 Å². The first-order valence-electron chi connectivity index (χ1n) is 18.4. The number of aliphatic hydroxyl groups is 3. The summed E-state index contributed by atoms with van der Waals surface area (Å²) in [5.41, 5.74) is 5.46. The van der Waals surface area contributed by atoms with Crippen LogP contribution in [0.4, 0.5) is 0 Å². The van der Waals surface area contributed by atoms with Gasteiger partial charge in [0, 0.05) is 57.1 Å². The lowest BCUT2D eigenvalue weighted by molar-refractivity contribution is -0.165. The number of aliphatic hydroxyl groups excluding tert-OH is 3. The van der Waals surface area contributed by atoms with Gasteiger partial charge in [0.1, 0.15) is 23.7 Å². The topological polar surface area (TPSA) is 221 Å². The zero-order valence-corrected chi connectivity index (χ0v) is 30.1. The van der Waals surface area contributed by atoms with Gasteiger partial charge in [-0.25, -0.2) is 0 Å². The number of thioether (sulfide) groups is 1. The van der Waals surface area contributed by atoms with Crippen LogP contribution in [-0.2, 0) is 28.7 Å². The van der Waals surface area contributed by atoms with E-state index in [1.807, 2.05) is 0 Å². The van der Waals surface area contributed by atoms with Gasteiger partial charge in [-0.2, -0.15) is 0 Å². The Morgan fingerprint density at radius 1 is 0.780 bits per heavy atom. The van der Waals surface area contributed by atoms with Crippen molar-refractivity contribution >= 4 is 41.3 Å². The summed E-state index contributed by atoms with van der Waals surface area (Å²) in [6.45, 7) is 1.84. The van der Waals surface area contributed by atoms with Crippen LogP contribution in [0.1, 0.15) is 96.3 Å². The first-order chi connectivity index (χ1) is 24.1. The molecule has 5 amide bonds. The monoisotopic (exact) mass is 725 g/mol. The third-order valence-electron chi connectivity index (χ3n) is 9.70. The molecule has 0 bridgehead atoms. The highest BCUT2D eigenvalue weighted by Crippen LogP contribution is 2.30. The van der Waals surface area contributed by atoms with Crippen molar-refractivity contribution in [2.75, 3.05) is 38.5 Å². The number of amides is 5. The third kappa shape index (κ3) is 14.6. The van der Waals surface area contributed by atoms with Gasteiger partial charge in [0.05, 0.1) is 12.6 Å². The molecule has 2 fully saturated rings. The molecule has 1 aliphatic carbocycles. The lowest BCUT2D eigenvalue weighted by Crippen LogP contribution is -2.60. The van der Waals surface area contributed by atoms with Crippen LogP contribution < -0.4 is 21.7 Å². The van der Waals surface area contributed by atoms with E-state index in [0.29, 0.717) is 39.0 Å². The van der Waals surface area contributed by atoms with Crippen LogP contribution in [0.2, 0.25) is 0 Å². The lowest BCUT2D eigenvalue weighted by Gasteiger charge is -2.40. The van der Waals surface area contributed by atoms with E-state index in [1.165, 1.54) is 28.8 Å². The maximum absolute atomic E-state index is 12.5. The van der Waals surface area contributed by atoms with Gasteiger partial charge in [-0.05, 0) is 75.9 Å². The van der Waals surface area contributed by atoms with Crippen molar-refractivity contribution < 1.29 is 44.0 Å². The van der Waals surface area contributed by atoms with Gasteiger partial charge < -0.3 is 41.7 Å². The average Bonchev–Trinajstić information content (AvgIpc) is 3.42. The molecule has 284 valence electrons. The minimum Gasteiger partial charge on any atom is -0.394 e. The number of carbonyl (C=O) groups excluding carboxylic acids is 5. The molecule has 0 spiro atoms. The number of carbonyl (C=O) groups is 5. The molecule has 2 unspecified atom stereocenters. The Bertz CT molecular complexity index is 1100. The van der Waals surface area contributed by atoms with E-state index in [-0.39, 0.29) is 48.0 Å². The molecule has 50 heavy (non-hydrogen) atoms. The zero-order chi connectivity index (χ0) is 36.3. The normalized spacial score (nSPS) is 26.6. The molecule has 3 aliphatic rings. The summed E-state index contributed by atoms with van der Waals surface area (Å²) in [6.07, 6.45) is 11.1. The van der Waals surface area contributed by atoms with Crippen molar-refractivity contribution in [1.29, 1.82) is 0 Å². The van der Waals surface area contributed by atoms with Gasteiger partial charge in [-0.1, -0.05) is 19.3 Å². The minimum atomic E-state index is -1.20. The lowest BCUT2D eigenvalue weighted by atomic mass is 9.81. The summed E-state index contributed by atoms with van der Waals surface area (Å²) >= 11 is 1.46. The Kier molecular flexibility index (Phi) is 19.3. The second-order valence-corrected chi connectivity index (χ2v) is 14.9. The SMILES string of the molecule is NC1[C@H](SCCCCCNC(=O)CCCCCNC(=O)CCCCCNC(=O)C2CCC(CN3C(=O)C=CC3=O)CC2)OC(CO)[C@@H](O)[C@H]1O. The van der Waals surface area contributed by atoms with Crippen molar-refractivity contribution in [2.24, 2.45) is 17.6 Å². The average molecular weight is 726 g/mol. The fourth-order valence-electron chi connectivity index (χ4n) is 6.50. The molecule has 0 aromatic heterocycles. The fraction of sp³-hybridized carbons (Fsp3) is 0.800. The van der Waals surface area contributed by atoms with Crippen LogP contribution in [0.15, 0.2) is 12.2 Å². The zero-order valence-electron chi connectivity index (χ0n) is 29.3. The van der Waals surface area contributed by atoms with Crippen LogP contribution in [0.5, 0.6) is 0 Å². The highest BCUT2D eigenvalue weighted by atomic mass is 32.2. The van der Waals surface area contributed by atoms with Crippen molar-refractivity contribution in [3.63, 3.8) is 0 Å². The quantitative estimate of drug-likeness (QED) is 0.0579. The van der Waals surface area contributed by atoms with Crippen LogP contribution >= 0.6 is 11.8 Å². The number of imide groups is 1. The van der Waals surface area contributed by atoms with Crippen molar-refractivity contribution in [3.8, 4) is 0 Å². The van der Waals surface area contributed by atoms with Gasteiger partial charge in [0.15, 0.2) is 0 Å². The van der Waals surface area contributed by atoms with Crippen molar-refractivity contribution in [1.82, 2.24) is 20.9 Å². The molecule has 14 nitrogen and oxygen atoms in total. The third-order valence-corrected chi connectivity index (χ3v) is 11.0. The number of hydrogen-bond acceptors (Lipinski definition) is 11. The molecule has 1 saturated heterocycles. The number of unbranched alkanes of at least 4 members (excludes halogenated alkanes) is 6. The molecule has 1 saturated carbocycles. The van der Waals surface area contributed by atoms with Crippen LogP contribution in [-0.4, -0.2) is 118 Å². The molecule has 0 aromatic carbocycles.